The van der Waals surface area contributed by atoms with Crippen molar-refractivity contribution in [1.29, 1.82) is 0 Å². The van der Waals surface area contributed by atoms with Crippen LogP contribution in [-0.4, -0.2) is 23.3 Å². The van der Waals surface area contributed by atoms with Gasteiger partial charge in [-0.15, -0.1) is 0 Å². The van der Waals surface area contributed by atoms with Crippen LogP contribution in [0.3, 0.4) is 0 Å². The summed E-state index contributed by atoms with van der Waals surface area (Å²) in [6.45, 7) is 3.67. The van der Waals surface area contributed by atoms with E-state index in [9.17, 15) is 0 Å². The molecular formula is C14H18IN3O. The summed E-state index contributed by atoms with van der Waals surface area (Å²) in [5, 5.41) is 3.36. The summed E-state index contributed by atoms with van der Waals surface area (Å²) < 4.78 is 8.44. The maximum Gasteiger partial charge on any atom is 0.207 e. The summed E-state index contributed by atoms with van der Waals surface area (Å²) in [5.74, 6) is 0.884. The van der Waals surface area contributed by atoms with Crippen molar-refractivity contribution < 1.29 is 4.74 Å². The summed E-state index contributed by atoms with van der Waals surface area (Å²) in [4.78, 5) is 4.52. The molecule has 0 bridgehead atoms. The van der Waals surface area contributed by atoms with E-state index in [-0.39, 0.29) is 0 Å². The third-order valence-electron chi connectivity index (χ3n) is 2.74. The van der Waals surface area contributed by atoms with Gasteiger partial charge in [0.2, 0.25) is 5.95 Å². The lowest BCUT2D eigenvalue weighted by atomic mass is 10.3. The molecule has 4 nitrogen and oxygen atoms in total. The first-order chi connectivity index (χ1) is 9.19. The first kappa shape index (κ1) is 14.3. The highest BCUT2D eigenvalue weighted by molar-refractivity contribution is 14.1. The Morgan fingerprint density at radius 1 is 1.32 bits per heavy atom. The van der Waals surface area contributed by atoms with Gasteiger partial charge in [0.05, 0.1) is 5.69 Å². The Morgan fingerprint density at radius 3 is 2.74 bits per heavy atom. The summed E-state index contributed by atoms with van der Waals surface area (Å²) >= 11 is 2.30. The van der Waals surface area contributed by atoms with Gasteiger partial charge in [-0.1, -0.05) is 0 Å². The Balaban J connectivity index is 2.08. The molecule has 2 rings (SSSR count). The van der Waals surface area contributed by atoms with Crippen LogP contribution >= 0.6 is 22.6 Å². The van der Waals surface area contributed by atoms with E-state index in [1.54, 1.807) is 7.11 Å². The molecule has 19 heavy (non-hydrogen) atoms. The number of methoxy groups -OCH3 is 1. The minimum atomic E-state index is 0.764. The average molecular weight is 371 g/mol. The minimum Gasteiger partial charge on any atom is -0.385 e. The van der Waals surface area contributed by atoms with Gasteiger partial charge >= 0.3 is 0 Å². The number of anilines is 2. The van der Waals surface area contributed by atoms with Crippen LogP contribution in [-0.2, 0) is 11.3 Å². The molecule has 0 unspecified atom stereocenters. The van der Waals surface area contributed by atoms with Gasteiger partial charge in [-0.25, -0.2) is 4.98 Å². The van der Waals surface area contributed by atoms with Crippen molar-refractivity contribution >= 4 is 34.2 Å². The number of aromatic nitrogens is 2. The molecule has 0 aliphatic heterocycles. The quantitative estimate of drug-likeness (QED) is 0.623. The highest BCUT2D eigenvalue weighted by Gasteiger charge is 2.05. The molecule has 0 fully saturated rings. The predicted octanol–water partition coefficient (Wildman–Crippen LogP) is 3.58. The third-order valence-corrected chi connectivity index (χ3v) is 3.46. The standard InChI is InChI=1S/C14H18IN3O/c1-11-10-18(8-3-9-19-2)14(16-11)17-13-6-4-12(15)5-7-13/h4-7,10H,3,8-9H2,1-2H3,(H,16,17). The molecule has 0 amide bonds. The molecule has 0 aliphatic carbocycles. The molecule has 1 aromatic carbocycles. The van der Waals surface area contributed by atoms with Gasteiger partial charge in [0.15, 0.2) is 0 Å². The molecule has 1 N–H and O–H groups in total. The van der Waals surface area contributed by atoms with Gasteiger partial charge in [-0.3, -0.25) is 0 Å². The van der Waals surface area contributed by atoms with Crippen molar-refractivity contribution in [2.45, 2.75) is 19.9 Å². The number of halogens is 1. The summed E-state index contributed by atoms with van der Waals surface area (Å²) in [7, 11) is 1.73. The van der Waals surface area contributed by atoms with Crippen molar-refractivity contribution in [3.8, 4) is 0 Å². The van der Waals surface area contributed by atoms with E-state index >= 15 is 0 Å². The van der Waals surface area contributed by atoms with E-state index in [1.807, 2.05) is 6.92 Å². The van der Waals surface area contributed by atoms with Gasteiger partial charge in [-0.05, 0) is 60.2 Å². The number of hydrogen-bond acceptors (Lipinski definition) is 3. The van der Waals surface area contributed by atoms with E-state index in [4.69, 9.17) is 4.74 Å². The van der Waals surface area contributed by atoms with E-state index < -0.39 is 0 Å². The SMILES string of the molecule is COCCCn1cc(C)nc1Nc1ccc(I)cc1. The number of rotatable bonds is 6. The highest BCUT2D eigenvalue weighted by atomic mass is 127. The first-order valence-electron chi connectivity index (χ1n) is 6.24. The second-order valence-electron chi connectivity index (χ2n) is 4.38. The second-order valence-corrected chi connectivity index (χ2v) is 5.62. The van der Waals surface area contributed by atoms with Crippen LogP contribution < -0.4 is 5.32 Å². The van der Waals surface area contributed by atoms with Gasteiger partial charge in [0.25, 0.3) is 0 Å². The van der Waals surface area contributed by atoms with Crippen LogP contribution in [0, 0.1) is 10.5 Å². The Kier molecular flexibility index (Phi) is 5.21. The monoisotopic (exact) mass is 371 g/mol. The number of benzene rings is 1. The molecule has 0 aliphatic rings. The number of imidazole rings is 1. The van der Waals surface area contributed by atoms with Gasteiger partial charge < -0.3 is 14.6 Å². The molecule has 0 spiro atoms. The van der Waals surface area contributed by atoms with Crippen LogP contribution in [0.25, 0.3) is 0 Å². The lowest BCUT2D eigenvalue weighted by molar-refractivity contribution is 0.190. The molecular weight excluding hydrogens is 353 g/mol. The van der Waals surface area contributed by atoms with Crippen molar-refractivity contribution in [2.75, 3.05) is 19.0 Å². The maximum absolute atomic E-state index is 5.09. The van der Waals surface area contributed by atoms with Crippen LogP contribution in [0.15, 0.2) is 30.5 Å². The van der Waals surface area contributed by atoms with Crippen molar-refractivity contribution in [2.24, 2.45) is 0 Å². The van der Waals surface area contributed by atoms with Crippen molar-refractivity contribution in [3.63, 3.8) is 0 Å². The summed E-state index contributed by atoms with van der Waals surface area (Å²) in [6, 6.07) is 8.28. The van der Waals surface area contributed by atoms with Crippen LogP contribution in [0.5, 0.6) is 0 Å². The smallest absolute Gasteiger partial charge is 0.207 e. The van der Waals surface area contributed by atoms with E-state index in [1.165, 1.54) is 3.57 Å². The van der Waals surface area contributed by atoms with Crippen molar-refractivity contribution in [1.82, 2.24) is 9.55 Å². The Hall–Kier alpha value is -1.08. The van der Waals surface area contributed by atoms with Gasteiger partial charge in [0, 0.05) is 35.7 Å². The second kappa shape index (κ2) is 6.91. The molecule has 2 aromatic rings. The van der Waals surface area contributed by atoms with E-state index in [2.05, 4.69) is 67.9 Å². The lowest BCUT2D eigenvalue weighted by Crippen LogP contribution is -2.05. The fourth-order valence-corrected chi connectivity index (χ4v) is 2.22. The Morgan fingerprint density at radius 2 is 2.05 bits per heavy atom. The molecule has 0 atom stereocenters. The average Bonchev–Trinajstić information content (AvgIpc) is 2.73. The van der Waals surface area contributed by atoms with E-state index in [0.717, 1.165) is 36.9 Å². The molecule has 0 saturated heterocycles. The zero-order chi connectivity index (χ0) is 13.7. The fraction of sp³-hybridized carbons (Fsp3) is 0.357. The van der Waals surface area contributed by atoms with Crippen LogP contribution in [0.1, 0.15) is 12.1 Å². The third kappa shape index (κ3) is 4.21. The largest absolute Gasteiger partial charge is 0.385 e. The summed E-state index contributed by atoms with van der Waals surface area (Å²) in [5.41, 5.74) is 2.07. The van der Waals surface area contributed by atoms with Gasteiger partial charge in [-0.2, -0.15) is 0 Å². The van der Waals surface area contributed by atoms with Gasteiger partial charge in [0.1, 0.15) is 0 Å². The fourth-order valence-electron chi connectivity index (χ4n) is 1.86. The van der Waals surface area contributed by atoms with Crippen LogP contribution in [0.4, 0.5) is 11.6 Å². The Labute approximate surface area is 127 Å². The Bertz CT molecular complexity index is 522. The molecule has 0 radical (unpaired) electrons. The summed E-state index contributed by atoms with van der Waals surface area (Å²) in [6.07, 6.45) is 3.04. The lowest BCUT2D eigenvalue weighted by Gasteiger charge is -2.09. The maximum atomic E-state index is 5.09. The van der Waals surface area contributed by atoms with Crippen LogP contribution in [0.2, 0.25) is 0 Å². The molecule has 1 aromatic heterocycles. The zero-order valence-corrected chi connectivity index (χ0v) is 13.3. The van der Waals surface area contributed by atoms with E-state index in [0.29, 0.717) is 0 Å². The minimum absolute atomic E-state index is 0.764. The molecule has 5 heteroatoms. The predicted molar refractivity (Wildman–Crippen MR) is 85.9 cm³/mol. The first-order valence-corrected chi connectivity index (χ1v) is 7.32. The molecule has 1 heterocycles. The number of nitrogens with one attached hydrogen (secondary N) is 1. The number of nitrogens with zero attached hydrogens (tertiary/aromatic N) is 2. The topological polar surface area (TPSA) is 39.1 Å². The normalized spacial score (nSPS) is 10.7. The highest BCUT2D eigenvalue weighted by Crippen LogP contribution is 2.18. The number of hydrogen-bond donors (Lipinski definition) is 1. The molecule has 0 saturated carbocycles. The number of aryl methyl sites for hydroxylation is 2. The molecule has 102 valence electrons. The zero-order valence-electron chi connectivity index (χ0n) is 11.2. The number of ether oxygens (including phenoxy) is 1. The van der Waals surface area contributed by atoms with Crippen molar-refractivity contribution in [3.05, 3.63) is 39.7 Å².